The van der Waals surface area contributed by atoms with E-state index >= 15 is 0 Å². The summed E-state index contributed by atoms with van der Waals surface area (Å²) in [6.45, 7) is 4.58. The molecule has 9 heteroatoms. The van der Waals surface area contributed by atoms with Gasteiger partial charge in [0.15, 0.2) is 0 Å². The Morgan fingerprint density at radius 2 is 2.09 bits per heavy atom. The number of carbonyl (C=O) groups is 1. The number of fused-ring (bicyclic) bond motifs is 1. The lowest BCUT2D eigenvalue weighted by Crippen LogP contribution is -2.25. The van der Waals surface area contributed by atoms with E-state index in [2.05, 4.69) is 15.5 Å². The smallest absolute Gasteiger partial charge is 0.250 e. The molecule has 0 bridgehead atoms. The van der Waals surface area contributed by atoms with Crippen LogP contribution >= 0.6 is 0 Å². The molecule has 1 saturated heterocycles. The van der Waals surface area contributed by atoms with Crippen LogP contribution in [0.5, 0.6) is 5.75 Å². The summed E-state index contributed by atoms with van der Waals surface area (Å²) < 4.78 is 37.2. The van der Waals surface area contributed by atoms with Crippen molar-refractivity contribution >= 4 is 16.8 Å². The van der Waals surface area contributed by atoms with Gasteiger partial charge in [-0.2, -0.15) is 10.2 Å². The summed E-state index contributed by atoms with van der Waals surface area (Å²) in [6, 6.07) is 3.65. The molecule has 1 amide bonds. The fraction of sp³-hybridized carbons (Fsp3) is 0.542. The quantitative estimate of drug-likeness (QED) is 0.603. The Hall–Kier alpha value is -2.97. The van der Waals surface area contributed by atoms with Crippen molar-refractivity contribution < 1.29 is 18.3 Å². The molecule has 2 fully saturated rings. The number of aromatic nitrogens is 4. The second-order valence-electron chi connectivity index (χ2n) is 9.13. The lowest BCUT2D eigenvalue weighted by molar-refractivity contribution is -0.119. The number of halogens is 2. The first-order valence-electron chi connectivity index (χ1n) is 11.0. The van der Waals surface area contributed by atoms with Crippen LogP contribution in [-0.2, 0) is 11.8 Å². The third-order valence-electron chi connectivity index (χ3n) is 6.86. The molecule has 0 radical (unpaired) electrons. The Morgan fingerprint density at radius 3 is 2.76 bits per heavy atom. The molecule has 0 spiro atoms. The molecule has 2 aromatic heterocycles. The molecule has 3 aromatic rings. The van der Waals surface area contributed by atoms with E-state index in [9.17, 15) is 13.6 Å². The van der Waals surface area contributed by atoms with Crippen LogP contribution in [-0.4, -0.2) is 44.0 Å². The second-order valence-corrected chi connectivity index (χ2v) is 9.13. The van der Waals surface area contributed by atoms with Gasteiger partial charge in [0, 0.05) is 56.2 Å². The van der Waals surface area contributed by atoms with Crippen molar-refractivity contribution in [2.45, 2.75) is 65.0 Å². The van der Waals surface area contributed by atoms with Gasteiger partial charge in [-0.15, -0.1) is 0 Å². The topological polar surface area (TPSA) is 74.0 Å². The molecule has 1 aliphatic heterocycles. The summed E-state index contributed by atoms with van der Waals surface area (Å²) in [5.41, 5.74) is 3.48. The van der Waals surface area contributed by atoms with Crippen LogP contribution in [0.4, 0.5) is 8.78 Å². The number of benzene rings is 1. The number of carbonyl (C=O) groups excluding carboxylic acids is 1. The summed E-state index contributed by atoms with van der Waals surface area (Å²) in [5, 5.41) is 12.8. The van der Waals surface area contributed by atoms with E-state index in [0.717, 1.165) is 27.7 Å². The molecule has 3 atom stereocenters. The predicted octanol–water partition coefficient (Wildman–Crippen LogP) is 4.65. The van der Waals surface area contributed by atoms with Crippen LogP contribution < -0.4 is 10.1 Å². The Morgan fingerprint density at radius 1 is 1.30 bits per heavy atom. The molecular weight excluding hydrogens is 428 g/mol. The van der Waals surface area contributed by atoms with Crippen molar-refractivity contribution in [3.05, 3.63) is 30.2 Å². The number of hydrogen-bond acceptors (Lipinski definition) is 4. The van der Waals surface area contributed by atoms with Crippen molar-refractivity contribution in [1.82, 2.24) is 24.9 Å². The van der Waals surface area contributed by atoms with Crippen LogP contribution in [0.2, 0.25) is 0 Å². The largest absolute Gasteiger partial charge is 0.490 e. The van der Waals surface area contributed by atoms with Crippen molar-refractivity contribution in [1.29, 1.82) is 0 Å². The van der Waals surface area contributed by atoms with E-state index in [1.54, 1.807) is 10.9 Å². The maximum atomic E-state index is 13.7. The van der Waals surface area contributed by atoms with Crippen LogP contribution in [0.15, 0.2) is 24.5 Å². The van der Waals surface area contributed by atoms with E-state index in [-0.39, 0.29) is 44.2 Å². The standard InChI is InChI=1S/C23H27F2N5O2.CH4/c1-13-22-19(28-29(13)3)6-15(7-20(22)32-14(2)16-8-21(31)26-10-16)17-11-27-30(12-17)18-4-5-23(24,25)9-18;/h6-7,11-12,14,16,18H,4-5,8-10H2,1-3H3,(H,26,31);1H4/t14-,16-,18?;/m1./s1. The van der Waals surface area contributed by atoms with Crippen molar-refractivity contribution in [3.63, 3.8) is 0 Å². The van der Waals surface area contributed by atoms with Gasteiger partial charge >= 0.3 is 0 Å². The Bertz CT molecular complexity index is 1190. The zero-order valence-corrected chi connectivity index (χ0v) is 18.4. The van der Waals surface area contributed by atoms with Gasteiger partial charge in [-0.3, -0.25) is 14.2 Å². The molecule has 1 N–H and O–H groups in total. The van der Waals surface area contributed by atoms with Gasteiger partial charge < -0.3 is 10.1 Å². The highest BCUT2D eigenvalue weighted by molar-refractivity contribution is 5.92. The number of nitrogens with zero attached hydrogens (tertiary/aromatic N) is 4. The maximum Gasteiger partial charge on any atom is 0.250 e. The first-order chi connectivity index (χ1) is 15.2. The summed E-state index contributed by atoms with van der Waals surface area (Å²) >= 11 is 0. The van der Waals surface area contributed by atoms with Gasteiger partial charge in [0.05, 0.1) is 23.1 Å². The second kappa shape index (κ2) is 8.43. The summed E-state index contributed by atoms with van der Waals surface area (Å²) in [6.07, 6.45) is 3.99. The minimum Gasteiger partial charge on any atom is -0.490 e. The lowest BCUT2D eigenvalue weighted by Gasteiger charge is -2.20. The maximum absolute atomic E-state index is 13.7. The van der Waals surface area contributed by atoms with Crippen LogP contribution in [0.25, 0.3) is 22.0 Å². The first kappa shape index (κ1) is 23.2. The number of ether oxygens (including phenoxy) is 1. The highest BCUT2D eigenvalue weighted by Gasteiger charge is 2.40. The minimum absolute atomic E-state index is 0. The molecule has 1 saturated carbocycles. The Labute approximate surface area is 192 Å². The number of alkyl halides is 2. The molecule has 3 heterocycles. The Kier molecular flexibility index (Phi) is 5.92. The number of aryl methyl sites for hydroxylation is 2. The van der Waals surface area contributed by atoms with E-state index in [1.165, 1.54) is 0 Å². The summed E-state index contributed by atoms with van der Waals surface area (Å²) in [4.78, 5) is 11.6. The van der Waals surface area contributed by atoms with Crippen molar-refractivity contribution in [2.24, 2.45) is 13.0 Å². The van der Waals surface area contributed by atoms with Gasteiger partial charge in [0.1, 0.15) is 11.9 Å². The molecule has 1 aliphatic carbocycles. The highest BCUT2D eigenvalue weighted by atomic mass is 19.3. The van der Waals surface area contributed by atoms with Gasteiger partial charge in [-0.05, 0) is 38.0 Å². The van der Waals surface area contributed by atoms with Crippen molar-refractivity contribution in [2.75, 3.05) is 6.54 Å². The fourth-order valence-corrected chi connectivity index (χ4v) is 4.80. The molecule has 1 aromatic carbocycles. The third-order valence-corrected chi connectivity index (χ3v) is 6.86. The average molecular weight is 460 g/mol. The SMILES string of the molecule is C.Cc1c2c(O[C@H](C)[C@H]3CNC(=O)C3)cc(-c3cnn(C4CCC(F)(F)C4)c3)cc2nn1C. The molecule has 2 aliphatic rings. The zero-order chi connectivity index (χ0) is 22.6. The van der Waals surface area contributed by atoms with Gasteiger partial charge in [0.25, 0.3) is 0 Å². The van der Waals surface area contributed by atoms with E-state index < -0.39 is 5.92 Å². The number of rotatable bonds is 5. The van der Waals surface area contributed by atoms with E-state index in [4.69, 9.17) is 4.74 Å². The molecule has 178 valence electrons. The van der Waals surface area contributed by atoms with Gasteiger partial charge in [-0.1, -0.05) is 7.43 Å². The normalized spacial score (nSPS) is 22.9. The number of nitrogens with one attached hydrogen (secondary N) is 1. The highest BCUT2D eigenvalue weighted by Crippen LogP contribution is 2.42. The van der Waals surface area contributed by atoms with E-state index in [0.29, 0.717) is 25.1 Å². The number of amides is 1. The first-order valence-corrected chi connectivity index (χ1v) is 11.0. The molecular formula is C24H31F2N5O2. The molecule has 1 unspecified atom stereocenters. The third kappa shape index (κ3) is 4.32. The predicted molar refractivity (Wildman–Crippen MR) is 122 cm³/mol. The van der Waals surface area contributed by atoms with Crippen LogP contribution in [0, 0.1) is 12.8 Å². The molecule has 33 heavy (non-hydrogen) atoms. The fourth-order valence-electron chi connectivity index (χ4n) is 4.80. The van der Waals surface area contributed by atoms with Gasteiger partial charge in [0.2, 0.25) is 11.8 Å². The van der Waals surface area contributed by atoms with Crippen molar-refractivity contribution in [3.8, 4) is 16.9 Å². The summed E-state index contributed by atoms with van der Waals surface area (Å²) in [5.74, 6) is -1.76. The zero-order valence-electron chi connectivity index (χ0n) is 18.4. The van der Waals surface area contributed by atoms with E-state index in [1.807, 2.05) is 43.9 Å². The minimum atomic E-state index is -2.62. The monoisotopic (exact) mass is 459 g/mol. The average Bonchev–Trinajstić information content (AvgIpc) is 3.50. The number of hydrogen-bond donors (Lipinski definition) is 1. The van der Waals surface area contributed by atoms with Crippen LogP contribution in [0.1, 0.15) is 51.8 Å². The van der Waals surface area contributed by atoms with Crippen LogP contribution in [0.3, 0.4) is 0 Å². The molecule has 5 rings (SSSR count). The lowest BCUT2D eigenvalue weighted by atomic mass is 10.0. The summed E-state index contributed by atoms with van der Waals surface area (Å²) in [7, 11) is 1.89. The Balaban J connectivity index is 0.00000259. The van der Waals surface area contributed by atoms with Gasteiger partial charge in [-0.25, -0.2) is 8.78 Å². The molecule has 7 nitrogen and oxygen atoms in total.